The van der Waals surface area contributed by atoms with Crippen molar-refractivity contribution in [2.24, 2.45) is 0 Å². The lowest BCUT2D eigenvalue weighted by molar-refractivity contribution is 0.0605. The average Bonchev–Trinajstić information content (AvgIpc) is 2.15. The zero-order valence-electron chi connectivity index (χ0n) is 8.66. The second kappa shape index (κ2) is 4.89. The first kappa shape index (κ1) is 11.7. The van der Waals surface area contributed by atoms with Gasteiger partial charge in [0.25, 0.3) is 0 Å². The second-order valence-corrected chi connectivity index (χ2v) is 3.47. The minimum Gasteiger partial charge on any atom is -0.478 e. The number of hydrogen-bond acceptors (Lipinski definition) is 2. The van der Waals surface area contributed by atoms with Gasteiger partial charge in [-0.2, -0.15) is 0 Å². The Kier molecular flexibility index (Phi) is 3.80. The smallest absolute Gasteiger partial charge is 0.336 e. The van der Waals surface area contributed by atoms with Crippen LogP contribution in [0.25, 0.3) is 0 Å². The van der Waals surface area contributed by atoms with Gasteiger partial charge in [0.05, 0.1) is 18.3 Å². The van der Waals surface area contributed by atoms with Gasteiger partial charge in [0, 0.05) is 0 Å². The topological polar surface area (TPSA) is 46.5 Å². The Morgan fingerprint density at radius 3 is 2.73 bits per heavy atom. The minimum atomic E-state index is -1.14. The predicted molar refractivity (Wildman–Crippen MR) is 53.3 cm³/mol. The van der Waals surface area contributed by atoms with Crippen LogP contribution in [0.1, 0.15) is 29.8 Å². The summed E-state index contributed by atoms with van der Waals surface area (Å²) in [5.41, 5.74) is 0.438. The maximum absolute atomic E-state index is 12.8. The van der Waals surface area contributed by atoms with Crippen molar-refractivity contribution in [3.05, 3.63) is 35.1 Å². The molecule has 0 unspecified atom stereocenters. The highest BCUT2D eigenvalue weighted by Crippen LogP contribution is 2.13. The van der Waals surface area contributed by atoms with E-state index >= 15 is 0 Å². The van der Waals surface area contributed by atoms with Crippen LogP contribution in [-0.4, -0.2) is 17.2 Å². The Morgan fingerprint density at radius 2 is 2.20 bits per heavy atom. The van der Waals surface area contributed by atoms with E-state index in [2.05, 4.69) is 0 Å². The molecule has 0 heterocycles. The summed E-state index contributed by atoms with van der Waals surface area (Å²) in [4.78, 5) is 10.8. The SMILES string of the molecule is CC(C)OCc1ccc(F)cc1C(=O)O. The molecule has 1 rings (SSSR count). The van der Waals surface area contributed by atoms with E-state index in [0.29, 0.717) is 5.56 Å². The van der Waals surface area contributed by atoms with Gasteiger partial charge in [-0.25, -0.2) is 9.18 Å². The van der Waals surface area contributed by atoms with Crippen LogP contribution >= 0.6 is 0 Å². The highest BCUT2D eigenvalue weighted by molar-refractivity contribution is 5.89. The van der Waals surface area contributed by atoms with Gasteiger partial charge in [0.1, 0.15) is 5.82 Å². The van der Waals surface area contributed by atoms with Gasteiger partial charge in [-0.1, -0.05) is 6.07 Å². The standard InChI is InChI=1S/C11H13FO3/c1-7(2)15-6-8-3-4-9(12)5-10(8)11(13)14/h3-5,7H,6H2,1-2H3,(H,13,14). The molecular formula is C11H13FO3. The van der Waals surface area contributed by atoms with Crippen molar-refractivity contribution in [1.29, 1.82) is 0 Å². The Bertz CT molecular complexity index is 361. The maximum Gasteiger partial charge on any atom is 0.336 e. The molecule has 0 aliphatic rings. The normalized spacial score (nSPS) is 10.7. The van der Waals surface area contributed by atoms with Crippen LogP contribution in [0.3, 0.4) is 0 Å². The number of hydrogen-bond donors (Lipinski definition) is 1. The molecule has 82 valence electrons. The largest absolute Gasteiger partial charge is 0.478 e. The monoisotopic (exact) mass is 212 g/mol. The molecule has 1 N–H and O–H groups in total. The average molecular weight is 212 g/mol. The van der Waals surface area contributed by atoms with Crippen LogP contribution in [0.4, 0.5) is 4.39 Å². The fourth-order valence-corrected chi connectivity index (χ4v) is 1.13. The van der Waals surface area contributed by atoms with Crippen molar-refractivity contribution >= 4 is 5.97 Å². The summed E-state index contributed by atoms with van der Waals surface area (Å²) >= 11 is 0. The fraction of sp³-hybridized carbons (Fsp3) is 0.364. The first-order chi connectivity index (χ1) is 7.00. The highest BCUT2D eigenvalue weighted by atomic mass is 19.1. The summed E-state index contributed by atoms with van der Waals surface area (Å²) in [6.45, 7) is 3.88. The first-order valence-electron chi connectivity index (χ1n) is 4.64. The minimum absolute atomic E-state index is 0.0108. The molecule has 15 heavy (non-hydrogen) atoms. The van der Waals surface area contributed by atoms with E-state index in [0.717, 1.165) is 6.07 Å². The number of benzene rings is 1. The molecule has 1 aromatic carbocycles. The van der Waals surface area contributed by atoms with E-state index in [9.17, 15) is 9.18 Å². The van der Waals surface area contributed by atoms with E-state index in [-0.39, 0.29) is 18.3 Å². The van der Waals surface area contributed by atoms with Crippen molar-refractivity contribution in [1.82, 2.24) is 0 Å². The van der Waals surface area contributed by atoms with E-state index in [1.165, 1.54) is 12.1 Å². The Morgan fingerprint density at radius 1 is 1.53 bits per heavy atom. The number of carboxylic acids is 1. The molecule has 0 saturated carbocycles. The highest BCUT2D eigenvalue weighted by Gasteiger charge is 2.11. The number of carbonyl (C=O) groups is 1. The molecular weight excluding hydrogens is 199 g/mol. The van der Waals surface area contributed by atoms with Gasteiger partial charge in [0.15, 0.2) is 0 Å². The fourth-order valence-electron chi connectivity index (χ4n) is 1.13. The summed E-state index contributed by atoms with van der Waals surface area (Å²) < 4.78 is 18.1. The molecule has 4 heteroatoms. The number of ether oxygens (including phenoxy) is 1. The van der Waals surface area contributed by atoms with Crippen LogP contribution in [-0.2, 0) is 11.3 Å². The first-order valence-corrected chi connectivity index (χ1v) is 4.64. The van der Waals surface area contributed by atoms with Crippen molar-refractivity contribution in [2.75, 3.05) is 0 Å². The van der Waals surface area contributed by atoms with E-state index in [1.807, 2.05) is 13.8 Å². The molecule has 0 aliphatic carbocycles. The molecule has 1 aromatic rings. The van der Waals surface area contributed by atoms with E-state index in [1.54, 1.807) is 0 Å². The van der Waals surface area contributed by atoms with Gasteiger partial charge in [-0.05, 0) is 31.5 Å². The van der Waals surface area contributed by atoms with Crippen molar-refractivity contribution < 1.29 is 19.0 Å². The summed E-state index contributed by atoms with van der Waals surface area (Å²) in [5, 5.41) is 8.83. The third kappa shape index (κ3) is 3.32. The zero-order chi connectivity index (χ0) is 11.4. The number of halogens is 1. The summed E-state index contributed by atoms with van der Waals surface area (Å²) in [6, 6.07) is 3.66. The number of carboxylic acid groups (broad SMARTS) is 1. The molecule has 0 bridgehead atoms. The van der Waals surface area contributed by atoms with Crippen molar-refractivity contribution in [3.63, 3.8) is 0 Å². The van der Waals surface area contributed by atoms with E-state index < -0.39 is 11.8 Å². The molecule has 0 radical (unpaired) electrons. The molecule has 0 spiro atoms. The summed E-state index contributed by atoms with van der Waals surface area (Å²) in [5.74, 6) is -1.70. The molecule has 3 nitrogen and oxygen atoms in total. The van der Waals surface area contributed by atoms with Crippen molar-refractivity contribution in [3.8, 4) is 0 Å². The second-order valence-electron chi connectivity index (χ2n) is 3.47. The summed E-state index contributed by atoms with van der Waals surface area (Å²) in [7, 11) is 0. The maximum atomic E-state index is 12.8. The predicted octanol–water partition coefficient (Wildman–Crippen LogP) is 2.45. The molecule has 0 atom stereocenters. The Hall–Kier alpha value is -1.42. The van der Waals surface area contributed by atoms with Crippen LogP contribution in [0.15, 0.2) is 18.2 Å². The van der Waals surface area contributed by atoms with Gasteiger partial charge >= 0.3 is 5.97 Å². The van der Waals surface area contributed by atoms with Gasteiger partial charge < -0.3 is 9.84 Å². The third-order valence-corrected chi connectivity index (χ3v) is 1.87. The Balaban J connectivity index is 2.91. The third-order valence-electron chi connectivity index (χ3n) is 1.87. The number of rotatable bonds is 4. The lowest BCUT2D eigenvalue weighted by atomic mass is 10.1. The van der Waals surface area contributed by atoms with Gasteiger partial charge in [-0.15, -0.1) is 0 Å². The molecule has 0 fully saturated rings. The molecule has 0 aromatic heterocycles. The van der Waals surface area contributed by atoms with Crippen molar-refractivity contribution in [2.45, 2.75) is 26.6 Å². The van der Waals surface area contributed by atoms with Gasteiger partial charge in [0.2, 0.25) is 0 Å². The molecule has 0 amide bonds. The van der Waals surface area contributed by atoms with Crippen LogP contribution in [0.2, 0.25) is 0 Å². The zero-order valence-corrected chi connectivity index (χ0v) is 8.66. The van der Waals surface area contributed by atoms with E-state index in [4.69, 9.17) is 9.84 Å². The van der Waals surface area contributed by atoms with Gasteiger partial charge in [-0.3, -0.25) is 0 Å². The molecule has 0 saturated heterocycles. The van der Waals surface area contributed by atoms with Crippen LogP contribution in [0.5, 0.6) is 0 Å². The lowest BCUT2D eigenvalue weighted by Gasteiger charge is -2.09. The summed E-state index contributed by atoms with van der Waals surface area (Å²) in [6.07, 6.45) is 0.0108. The van der Waals surface area contributed by atoms with Crippen LogP contribution < -0.4 is 0 Å². The Labute approximate surface area is 87.5 Å². The van der Waals surface area contributed by atoms with Crippen LogP contribution in [0, 0.1) is 5.82 Å². The molecule has 0 aliphatic heterocycles. The number of aromatic carboxylic acids is 1. The lowest BCUT2D eigenvalue weighted by Crippen LogP contribution is -2.08. The quantitative estimate of drug-likeness (QED) is 0.833.